The molecule has 0 fully saturated rings. The molecule has 0 rings (SSSR count). The summed E-state index contributed by atoms with van der Waals surface area (Å²) in [4.78, 5) is 125. The predicted octanol–water partition coefficient (Wildman–Crippen LogP) is 4.28. The SMILES string of the molecule is CC(C)=CCCC(C)=CCOP(=O)([O-])OP(=O)([O-])[O-].CC(C)=CCCC(C)=CCOP(=O)([O-])OP(=O)([O-])[O-].CC(C)=CCCC(C)=CCOP(=O)([O-])OP(=O)([O-])[O-].CC(C)=CCCC(C)=CCOP(=O)([O-])OP(=O)([O-])[O-].[C+4].[C+4].[C+4]. The van der Waals surface area contributed by atoms with Crippen LogP contribution in [0.5, 0.6) is 0 Å². The van der Waals surface area contributed by atoms with Gasteiger partial charge in [0.1, 0.15) is 0 Å². The monoisotopic (exact) mass is 1280 g/mol. The van der Waals surface area contributed by atoms with Crippen molar-refractivity contribution in [2.24, 2.45) is 0 Å². The number of phosphoric ester groups is 4. The molecule has 0 aliphatic carbocycles. The molecule has 0 aliphatic heterocycles. The van der Waals surface area contributed by atoms with Crippen molar-refractivity contribution >= 4 is 62.6 Å². The summed E-state index contributed by atoms with van der Waals surface area (Å²) in [6.07, 6.45) is 20.2. The average molecular weight is 1280 g/mol. The first-order chi connectivity index (χ1) is 34.1. The van der Waals surface area contributed by atoms with Gasteiger partial charge in [0.25, 0.3) is 31.3 Å². The van der Waals surface area contributed by atoms with Gasteiger partial charge in [0.2, 0.25) is 0 Å². The minimum Gasteiger partial charge on any atom is -0.790 e. The summed E-state index contributed by atoms with van der Waals surface area (Å²) in [5, 5.41) is 0. The summed E-state index contributed by atoms with van der Waals surface area (Å²) in [6, 6.07) is 0. The van der Waals surface area contributed by atoms with E-state index in [1.54, 1.807) is 27.7 Å². The molecular weight excluding hydrogens is 1210 g/mol. The second kappa shape index (κ2) is 45.3. The van der Waals surface area contributed by atoms with Crippen molar-refractivity contribution in [2.45, 2.75) is 134 Å². The quantitative estimate of drug-likeness (QED) is 0.0669. The Morgan fingerprint density at radius 1 is 0.278 bits per heavy atom. The average Bonchev–Trinajstić information content (AvgIpc) is 3.14. The van der Waals surface area contributed by atoms with E-state index in [0.29, 0.717) is 0 Å². The Hall–Kier alpha value is -1.04. The van der Waals surface area contributed by atoms with Gasteiger partial charge in [-0.15, -0.1) is 0 Å². The summed E-state index contributed by atoms with van der Waals surface area (Å²) < 4.78 is 114. The fourth-order valence-corrected chi connectivity index (χ4v) is 10.1. The van der Waals surface area contributed by atoms with E-state index >= 15 is 0 Å². The minimum atomic E-state index is -5.61. The van der Waals surface area contributed by atoms with E-state index in [2.05, 4.69) is 35.3 Å². The smallest absolute Gasteiger partial charge is 0.790 e. The van der Waals surface area contributed by atoms with Crippen molar-refractivity contribution in [3.8, 4) is 0 Å². The summed E-state index contributed by atoms with van der Waals surface area (Å²) in [7, 11) is -42.9. The third-order valence-electron chi connectivity index (χ3n) is 7.82. The van der Waals surface area contributed by atoms with Crippen molar-refractivity contribution in [1.82, 2.24) is 0 Å². The Kier molecular flexibility index (Phi) is 52.6. The molecule has 0 aromatic heterocycles. The first-order valence-electron chi connectivity index (χ1n) is 22.0. The van der Waals surface area contributed by atoms with Gasteiger partial charge in [-0.25, -0.2) is 0 Å². The standard InChI is InChI=1S/4C10H20O7P2.3C/c4*1-9(2)5-4-6-10(3)7-8-16-19(14,15)17-18(11,12)13;;;/h4*5,7H,4,6,8H2,1-3H3,(H,14,15)(H2,11,12,13);;;/q;;;;3*+4/p-12. The summed E-state index contributed by atoms with van der Waals surface area (Å²) >= 11 is 0. The van der Waals surface area contributed by atoms with Gasteiger partial charge >= 0.3 is 22.3 Å². The van der Waals surface area contributed by atoms with E-state index in [0.717, 1.165) is 73.7 Å². The van der Waals surface area contributed by atoms with Gasteiger partial charge < -0.3 is 95.1 Å². The van der Waals surface area contributed by atoms with Crippen molar-refractivity contribution in [1.29, 1.82) is 0 Å². The van der Waals surface area contributed by atoms with E-state index in [1.165, 1.54) is 46.6 Å². The summed E-state index contributed by atoms with van der Waals surface area (Å²) in [6.45, 7) is 21.4. The van der Waals surface area contributed by atoms with E-state index in [-0.39, 0.29) is 48.7 Å². The summed E-state index contributed by atoms with van der Waals surface area (Å²) in [5.41, 5.74) is 8.25. The van der Waals surface area contributed by atoms with Crippen molar-refractivity contribution in [3.05, 3.63) is 115 Å². The third-order valence-corrected chi connectivity index (χ3v) is 16.1. The van der Waals surface area contributed by atoms with Crippen molar-refractivity contribution in [2.75, 3.05) is 26.4 Å². The fourth-order valence-electron chi connectivity index (χ4n) is 4.43. The molecule has 0 N–H and O–H groups in total. The number of phosphoric acid groups is 8. The molecule has 0 saturated carbocycles. The zero-order chi connectivity index (χ0) is 60.4. The Bertz CT molecular complexity index is 2060. The van der Waals surface area contributed by atoms with Gasteiger partial charge in [-0.1, -0.05) is 93.2 Å². The summed E-state index contributed by atoms with van der Waals surface area (Å²) in [5.74, 6) is 0. The molecular formula is C43H68O28P8. The molecule has 4 unspecified atom stereocenters. The maximum Gasteiger partial charge on any atom is 4.00 e. The van der Waals surface area contributed by atoms with Gasteiger partial charge in [0.15, 0.2) is 0 Å². The van der Waals surface area contributed by atoms with Crippen LogP contribution in [0.2, 0.25) is 0 Å². The molecule has 0 heterocycles. The van der Waals surface area contributed by atoms with Crippen LogP contribution in [0.25, 0.3) is 0 Å². The Morgan fingerprint density at radius 2 is 0.418 bits per heavy atom. The van der Waals surface area contributed by atoms with Gasteiger partial charge in [0, 0.05) is 0 Å². The normalized spacial score (nSPS) is 15.4. The first kappa shape index (κ1) is 91.7. The van der Waals surface area contributed by atoms with Crippen LogP contribution >= 0.6 is 62.6 Å². The van der Waals surface area contributed by atoms with Crippen LogP contribution in [0.15, 0.2) is 93.2 Å². The molecule has 79 heavy (non-hydrogen) atoms. The predicted molar refractivity (Wildman–Crippen MR) is 268 cm³/mol. The zero-order valence-electron chi connectivity index (χ0n) is 45.6. The molecule has 0 amide bonds. The van der Waals surface area contributed by atoms with E-state index in [4.69, 9.17) is 0 Å². The van der Waals surface area contributed by atoms with Gasteiger partial charge in [-0.3, -0.25) is 35.5 Å². The maximum absolute atomic E-state index is 10.9. The number of allylic oxidation sites excluding steroid dienone is 12. The number of hydrogen-bond acceptors (Lipinski definition) is 28. The molecule has 36 heteroatoms. The Labute approximate surface area is 467 Å². The number of hydrogen-bond donors (Lipinski definition) is 0. The molecule has 0 spiro atoms. The van der Waals surface area contributed by atoms with Crippen molar-refractivity contribution < 1.29 is 131 Å². The van der Waals surface area contributed by atoms with Crippen LogP contribution < -0.4 is 58.7 Å². The molecule has 0 radical (unpaired) electrons. The topological polar surface area (TPSA) is 487 Å². The Morgan fingerprint density at radius 3 is 0.532 bits per heavy atom. The molecule has 0 aromatic carbocycles. The van der Waals surface area contributed by atoms with Crippen LogP contribution in [-0.4, -0.2) is 26.4 Å². The number of rotatable bonds is 32. The molecule has 0 aromatic rings. The molecule has 0 aliphatic rings. The fraction of sp³-hybridized carbons (Fsp3) is 0.558. The third kappa shape index (κ3) is 77.0. The van der Waals surface area contributed by atoms with E-state index in [1.807, 2.05) is 79.7 Å². The second-order valence-electron chi connectivity index (χ2n) is 16.6. The van der Waals surface area contributed by atoms with E-state index < -0.39 is 62.6 Å². The van der Waals surface area contributed by atoms with Gasteiger partial charge in [-0.2, -0.15) is 0 Å². The van der Waals surface area contributed by atoms with Crippen LogP contribution in [0.1, 0.15) is 134 Å². The molecule has 4 atom stereocenters. The second-order valence-corrected chi connectivity index (χ2v) is 27.4. The van der Waals surface area contributed by atoms with Gasteiger partial charge in [-0.05, 0) is 134 Å². The minimum absolute atomic E-state index is 0. The van der Waals surface area contributed by atoms with Crippen LogP contribution in [0, 0.1) is 22.3 Å². The first-order valence-corrected chi connectivity index (χ1v) is 33.7. The molecule has 0 bridgehead atoms. The molecule has 28 nitrogen and oxygen atoms in total. The largest absolute Gasteiger partial charge is 4.00 e. The Balaban J connectivity index is -0.000000173. The van der Waals surface area contributed by atoms with Crippen LogP contribution in [0.3, 0.4) is 0 Å². The van der Waals surface area contributed by atoms with Crippen molar-refractivity contribution in [3.63, 3.8) is 0 Å². The zero-order valence-corrected chi connectivity index (χ0v) is 52.8. The van der Waals surface area contributed by atoms with E-state index in [9.17, 15) is 95.2 Å². The molecule has 0 saturated heterocycles. The van der Waals surface area contributed by atoms with Crippen LogP contribution in [-0.2, 0) is 71.9 Å². The molecule has 448 valence electrons. The maximum atomic E-state index is 10.9. The van der Waals surface area contributed by atoms with Crippen LogP contribution in [0.4, 0.5) is 0 Å². The van der Waals surface area contributed by atoms with Gasteiger partial charge in [0.05, 0.1) is 57.7 Å².